The fourth-order valence-corrected chi connectivity index (χ4v) is 8.09. The molecule has 210 valence electrons. The summed E-state index contributed by atoms with van der Waals surface area (Å²) in [5.41, 5.74) is 2.32. The van der Waals surface area contributed by atoms with Crippen molar-refractivity contribution in [1.29, 1.82) is 0 Å². The molecule has 3 N–H and O–H groups in total. The molecule has 1 aliphatic carbocycles. The van der Waals surface area contributed by atoms with Crippen LogP contribution in [-0.2, 0) is 21.2 Å². The number of aliphatic carboxylic acids is 1. The van der Waals surface area contributed by atoms with E-state index in [0.717, 1.165) is 47.3 Å². The summed E-state index contributed by atoms with van der Waals surface area (Å²) in [7, 11) is -3.62. The molecule has 0 aliphatic heterocycles. The van der Waals surface area contributed by atoms with Crippen LogP contribution in [0.4, 0.5) is 18.9 Å². The summed E-state index contributed by atoms with van der Waals surface area (Å²) >= 11 is 2.89. The highest BCUT2D eigenvalue weighted by Gasteiger charge is 2.38. The number of H-pyrrole nitrogens is 1. The summed E-state index contributed by atoms with van der Waals surface area (Å²) in [6, 6.07) is 11.1. The van der Waals surface area contributed by atoms with E-state index >= 15 is 0 Å². The van der Waals surface area contributed by atoms with Gasteiger partial charge in [-0.2, -0.15) is 13.2 Å². The molecule has 1 fully saturated rings. The number of carboxylic acid groups (broad SMARTS) is 1. The number of fused-ring (bicyclic) bond motifs is 1. The van der Waals surface area contributed by atoms with E-state index in [1.807, 2.05) is 37.4 Å². The number of alkyl halides is 3. The standard InChI is InChI=1S/C23H25N3O3S3.C2HF3O2/c1-2-26(32(28,29)21-7-4-10-30-21)20-6-3-5-16-13-19(25-22(16)20)23-24-14-18(31-23)12-15-8-9-17(27)11-15;3-2(4,5)1(6)7/h3-7,10,13-15,17,25,27H,2,8-9,11-12H2,1H3;(H,6,7). The van der Waals surface area contributed by atoms with E-state index in [9.17, 15) is 26.7 Å². The first kappa shape index (κ1) is 29.1. The van der Waals surface area contributed by atoms with Gasteiger partial charge >= 0.3 is 12.1 Å². The van der Waals surface area contributed by atoms with E-state index in [-0.39, 0.29) is 6.10 Å². The van der Waals surface area contributed by atoms with Gasteiger partial charge in [-0.05, 0) is 62.1 Å². The van der Waals surface area contributed by atoms with Crippen molar-refractivity contribution in [2.75, 3.05) is 10.8 Å². The molecule has 0 bridgehead atoms. The third-order valence-corrected chi connectivity index (χ3v) is 10.6. The summed E-state index contributed by atoms with van der Waals surface area (Å²) < 4.78 is 60.0. The lowest BCUT2D eigenvalue weighted by molar-refractivity contribution is -0.192. The Morgan fingerprint density at radius 1 is 1.23 bits per heavy atom. The number of para-hydroxylation sites is 1. The molecule has 3 heterocycles. The van der Waals surface area contributed by atoms with E-state index in [2.05, 4.69) is 9.97 Å². The second kappa shape index (κ2) is 11.7. The van der Waals surface area contributed by atoms with Crippen molar-refractivity contribution >= 4 is 55.3 Å². The van der Waals surface area contributed by atoms with Gasteiger partial charge in [0.15, 0.2) is 0 Å². The van der Waals surface area contributed by atoms with Crippen LogP contribution in [0.3, 0.4) is 0 Å². The lowest BCUT2D eigenvalue weighted by atomic mass is 10.0. The number of anilines is 1. The molecule has 0 radical (unpaired) electrons. The summed E-state index contributed by atoms with van der Waals surface area (Å²) in [5, 5.41) is 20.5. The maximum atomic E-state index is 13.2. The number of benzene rings is 1. The molecular formula is C25H26F3N3O5S3. The van der Waals surface area contributed by atoms with Gasteiger partial charge in [-0.1, -0.05) is 18.2 Å². The zero-order valence-corrected chi connectivity index (χ0v) is 23.1. The predicted molar refractivity (Wildman–Crippen MR) is 145 cm³/mol. The Balaban J connectivity index is 0.000000448. The molecular weight excluding hydrogens is 575 g/mol. The third-order valence-electron chi connectivity index (χ3n) is 6.26. The van der Waals surface area contributed by atoms with Gasteiger partial charge in [0, 0.05) is 23.0 Å². The number of hydrogen-bond acceptors (Lipinski definition) is 7. The summed E-state index contributed by atoms with van der Waals surface area (Å²) in [4.78, 5) is 18.2. The van der Waals surface area contributed by atoms with Crippen LogP contribution in [-0.4, -0.2) is 53.4 Å². The van der Waals surface area contributed by atoms with Gasteiger partial charge in [0.05, 0.1) is 23.0 Å². The van der Waals surface area contributed by atoms with Gasteiger partial charge in [0.1, 0.15) is 9.22 Å². The Morgan fingerprint density at radius 2 is 1.97 bits per heavy atom. The minimum atomic E-state index is -5.08. The molecule has 5 rings (SSSR count). The highest BCUT2D eigenvalue weighted by Crippen LogP contribution is 2.36. The van der Waals surface area contributed by atoms with Crippen LogP contribution in [0.1, 0.15) is 31.1 Å². The molecule has 0 spiro atoms. The van der Waals surface area contributed by atoms with Crippen LogP contribution in [0.2, 0.25) is 0 Å². The van der Waals surface area contributed by atoms with Gasteiger partial charge in [0.2, 0.25) is 0 Å². The number of thiazole rings is 1. The molecule has 0 amide bonds. The average molecular weight is 602 g/mol. The molecule has 3 aromatic heterocycles. The molecule has 8 nitrogen and oxygen atoms in total. The van der Waals surface area contributed by atoms with Crippen LogP contribution >= 0.6 is 22.7 Å². The number of aromatic nitrogens is 2. The Labute approximate surface area is 230 Å². The highest BCUT2D eigenvalue weighted by molar-refractivity contribution is 7.94. The van der Waals surface area contributed by atoms with E-state index < -0.39 is 22.2 Å². The second-order valence-corrected chi connectivity index (χ2v) is 13.1. The van der Waals surface area contributed by atoms with Gasteiger partial charge in [-0.15, -0.1) is 22.7 Å². The lowest BCUT2D eigenvalue weighted by Crippen LogP contribution is -2.30. The van der Waals surface area contributed by atoms with Gasteiger partial charge in [0.25, 0.3) is 10.0 Å². The molecule has 0 saturated heterocycles. The van der Waals surface area contributed by atoms with Crippen molar-refractivity contribution in [2.24, 2.45) is 5.92 Å². The quantitative estimate of drug-likeness (QED) is 0.242. The molecule has 1 saturated carbocycles. The van der Waals surface area contributed by atoms with Crippen molar-refractivity contribution in [3.05, 3.63) is 52.9 Å². The monoisotopic (exact) mass is 601 g/mol. The van der Waals surface area contributed by atoms with E-state index in [1.165, 1.54) is 20.5 Å². The zero-order valence-electron chi connectivity index (χ0n) is 20.7. The number of halogens is 3. The molecule has 14 heteroatoms. The maximum Gasteiger partial charge on any atom is 0.490 e. The average Bonchev–Trinajstić information content (AvgIpc) is 3.67. The first-order valence-electron chi connectivity index (χ1n) is 12.0. The topological polar surface area (TPSA) is 124 Å². The van der Waals surface area contributed by atoms with Crippen LogP contribution < -0.4 is 4.31 Å². The van der Waals surface area contributed by atoms with Crippen molar-refractivity contribution in [3.63, 3.8) is 0 Å². The Hall–Kier alpha value is -2.94. The highest BCUT2D eigenvalue weighted by atomic mass is 32.2. The lowest BCUT2D eigenvalue weighted by Gasteiger charge is -2.22. The summed E-state index contributed by atoms with van der Waals surface area (Å²) in [5.74, 6) is -2.24. The molecule has 1 aliphatic rings. The van der Waals surface area contributed by atoms with E-state index in [0.29, 0.717) is 22.4 Å². The van der Waals surface area contributed by atoms with Crippen LogP contribution in [0, 0.1) is 5.92 Å². The number of thiophene rings is 1. The second-order valence-electron chi connectivity index (χ2n) is 9.00. The first-order valence-corrected chi connectivity index (χ1v) is 15.1. The molecule has 39 heavy (non-hydrogen) atoms. The van der Waals surface area contributed by atoms with Crippen LogP contribution in [0.25, 0.3) is 21.6 Å². The number of carboxylic acids is 1. The SMILES string of the molecule is CCN(c1cccc2cc(-c3ncc(CC4CCC(O)C4)s3)[nH]c12)S(=O)(=O)c1cccs1.O=C(O)C(F)(F)F. The van der Waals surface area contributed by atoms with Gasteiger partial charge < -0.3 is 15.2 Å². The smallest absolute Gasteiger partial charge is 0.475 e. The summed E-state index contributed by atoms with van der Waals surface area (Å²) in [6.45, 7) is 2.18. The molecule has 2 atom stereocenters. The number of nitrogens with zero attached hydrogens (tertiary/aromatic N) is 2. The number of sulfonamides is 1. The van der Waals surface area contributed by atoms with E-state index in [1.54, 1.807) is 28.8 Å². The van der Waals surface area contributed by atoms with Crippen molar-refractivity contribution in [1.82, 2.24) is 9.97 Å². The predicted octanol–water partition coefficient (Wildman–Crippen LogP) is 5.90. The number of hydrogen-bond donors (Lipinski definition) is 3. The Kier molecular flexibility index (Phi) is 8.69. The van der Waals surface area contributed by atoms with Crippen LogP contribution in [0.5, 0.6) is 0 Å². The fraction of sp³-hybridized carbons (Fsp3) is 0.360. The van der Waals surface area contributed by atoms with Crippen molar-refractivity contribution in [3.8, 4) is 10.7 Å². The van der Waals surface area contributed by atoms with Crippen molar-refractivity contribution < 1.29 is 36.6 Å². The number of aromatic amines is 1. The number of carbonyl (C=O) groups is 1. The van der Waals surface area contributed by atoms with E-state index in [4.69, 9.17) is 9.90 Å². The molecule has 4 aromatic rings. The Bertz CT molecular complexity index is 1530. The van der Waals surface area contributed by atoms with Crippen molar-refractivity contribution in [2.45, 2.75) is 49.1 Å². The van der Waals surface area contributed by atoms with Gasteiger partial charge in [-0.25, -0.2) is 18.2 Å². The molecule has 2 unspecified atom stereocenters. The summed E-state index contributed by atoms with van der Waals surface area (Å²) in [6.07, 6.45) is 0.458. The minimum Gasteiger partial charge on any atom is -0.475 e. The maximum absolute atomic E-state index is 13.2. The number of aliphatic hydroxyl groups excluding tert-OH is 1. The number of aliphatic hydroxyl groups is 1. The fourth-order valence-electron chi connectivity index (χ4n) is 4.50. The molecule has 1 aromatic carbocycles. The normalized spacial score (nSPS) is 17.7. The van der Waals surface area contributed by atoms with Crippen LogP contribution in [0.15, 0.2) is 52.2 Å². The zero-order chi connectivity index (χ0) is 28.4. The minimum absolute atomic E-state index is 0.161. The van der Waals surface area contributed by atoms with Gasteiger partial charge in [-0.3, -0.25) is 4.31 Å². The first-order chi connectivity index (χ1) is 18.4. The number of nitrogens with one attached hydrogen (secondary N) is 1. The largest absolute Gasteiger partial charge is 0.490 e. The number of rotatable bonds is 7. The Morgan fingerprint density at radius 3 is 2.56 bits per heavy atom. The third kappa shape index (κ3) is 6.62.